The third-order valence-corrected chi connectivity index (χ3v) is 9.47. The van der Waals surface area contributed by atoms with Gasteiger partial charge >= 0.3 is 7.37 Å². The lowest BCUT2D eigenvalue weighted by molar-refractivity contribution is 0.299. The standard InChI is InChI=1S/C35H29O4P/c1-3-26-16-18-28(19-17-26)23-37-29-20-21-33(38-24-27-14-12-25(2)13-15-27)35(22-29)40(36)34-11-7-5-9-31(34)30-8-4-6-10-32(30)39-40/h3-22H,1,23-24H2,2H3. The van der Waals surface area contributed by atoms with Crippen LogP contribution in [0.15, 0.2) is 122 Å². The molecule has 6 rings (SSSR count). The molecule has 1 aliphatic heterocycles. The molecule has 0 N–H and O–H groups in total. The van der Waals surface area contributed by atoms with E-state index in [0.29, 0.717) is 41.1 Å². The number of ether oxygens (including phenoxy) is 2. The van der Waals surface area contributed by atoms with Crippen LogP contribution in [0.25, 0.3) is 17.2 Å². The molecule has 0 saturated carbocycles. The van der Waals surface area contributed by atoms with Crippen LogP contribution in [0, 0.1) is 6.92 Å². The van der Waals surface area contributed by atoms with Crippen molar-refractivity contribution < 1.29 is 18.6 Å². The average molecular weight is 545 g/mol. The summed E-state index contributed by atoms with van der Waals surface area (Å²) in [6.07, 6.45) is 1.81. The molecule has 5 aromatic carbocycles. The van der Waals surface area contributed by atoms with Gasteiger partial charge in [0.25, 0.3) is 0 Å². The number of para-hydroxylation sites is 1. The first-order valence-corrected chi connectivity index (χ1v) is 14.8. The molecule has 0 aromatic heterocycles. The molecule has 1 unspecified atom stereocenters. The summed E-state index contributed by atoms with van der Waals surface area (Å²) < 4.78 is 33.9. The maximum Gasteiger partial charge on any atom is 0.311 e. The molecule has 1 aliphatic rings. The van der Waals surface area contributed by atoms with Crippen molar-refractivity contribution in [2.24, 2.45) is 0 Å². The Bertz CT molecular complexity index is 1720. The second kappa shape index (κ2) is 10.9. The normalized spacial score (nSPS) is 15.3. The zero-order chi connectivity index (χ0) is 27.5. The second-order valence-corrected chi connectivity index (χ2v) is 12.0. The predicted octanol–water partition coefficient (Wildman–Crippen LogP) is 8.08. The minimum atomic E-state index is -3.60. The van der Waals surface area contributed by atoms with Gasteiger partial charge in [0.15, 0.2) is 0 Å². The molecule has 1 heterocycles. The quantitative estimate of drug-likeness (QED) is 0.185. The smallest absolute Gasteiger partial charge is 0.311 e. The zero-order valence-electron chi connectivity index (χ0n) is 22.2. The zero-order valence-corrected chi connectivity index (χ0v) is 23.1. The predicted molar refractivity (Wildman–Crippen MR) is 162 cm³/mol. The topological polar surface area (TPSA) is 44.8 Å². The van der Waals surface area contributed by atoms with Crippen LogP contribution in [0.4, 0.5) is 0 Å². The Kier molecular flexibility index (Phi) is 7.02. The van der Waals surface area contributed by atoms with Gasteiger partial charge in [0, 0.05) is 5.56 Å². The van der Waals surface area contributed by atoms with Gasteiger partial charge in [0.05, 0.1) is 10.6 Å². The highest BCUT2D eigenvalue weighted by molar-refractivity contribution is 7.75. The lowest BCUT2D eigenvalue weighted by atomic mass is 10.0. The summed E-state index contributed by atoms with van der Waals surface area (Å²) in [5, 5.41) is 1.12. The summed E-state index contributed by atoms with van der Waals surface area (Å²) in [7, 11) is -3.60. The molecule has 5 heteroatoms. The van der Waals surface area contributed by atoms with Crippen molar-refractivity contribution in [2.45, 2.75) is 20.1 Å². The molecule has 198 valence electrons. The van der Waals surface area contributed by atoms with E-state index < -0.39 is 7.37 Å². The van der Waals surface area contributed by atoms with Crippen LogP contribution in [0.1, 0.15) is 22.3 Å². The fourth-order valence-electron chi connectivity index (χ4n) is 4.79. The van der Waals surface area contributed by atoms with E-state index >= 15 is 4.57 Å². The minimum absolute atomic E-state index is 0.335. The van der Waals surface area contributed by atoms with Crippen LogP contribution < -0.4 is 24.6 Å². The van der Waals surface area contributed by atoms with Crippen molar-refractivity contribution in [2.75, 3.05) is 0 Å². The summed E-state index contributed by atoms with van der Waals surface area (Å²) in [6, 6.07) is 37.1. The van der Waals surface area contributed by atoms with Gasteiger partial charge in [-0.15, -0.1) is 0 Å². The number of rotatable bonds is 8. The van der Waals surface area contributed by atoms with Gasteiger partial charge in [-0.1, -0.05) is 103 Å². The Morgan fingerprint density at radius 2 is 1.38 bits per heavy atom. The maximum absolute atomic E-state index is 15.0. The van der Waals surface area contributed by atoms with Crippen molar-refractivity contribution in [3.63, 3.8) is 0 Å². The van der Waals surface area contributed by atoms with Gasteiger partial charge < -0.3 is 14.0 Å². The Morgan fingerprint density at radius 1 is 0.725 bits per heavy atom. The van der Waals surface area contributed by atoms with Crippen molar-refractivity contribution >= 4 is 24.1 Å². The van der Waals surface area contributed by atoms with Gasteiger partial charge in [0.1, 0.15) is 30.5 Å². The maximum atomic E-state index is 15.0. The number of benzene rings is 5. The molecule has 5 aromatic rings. The van der Waals surface area contributed by atoms with Gasteiger partial charge in [-0.2, -0.15) is 0 Å². The molecule has 0 bridgehead atoms. The van der Waals surface area contributed by atoms with Crippen LogP contribution in [-0.4, -0.2) is 0 Å². The molecule has 4 nitrogen and oxygen atoms in total. The Balaban J connectivity index is 1.39. The summed E-state index contributed by atoms with van der Waals surface area (Å²) in [5.41, 5.74) is 6.08. The minimum Gasteiger partial charge on any atom is -0.489 e. The third kappa shape index (κ3) is 5.06. The molecule has 0 radical (unpaired) electrons. The highest BCUT2D eigenvalue weighted by atomic mass is 31.2. The fourth-order valence-corrected chi connectivity index (χ4v) is 7.21. The highest BCUT2D eigenvalue weighted by Crippen LogP contribution is 2.55. The Labute approximate surface area is 235 Å². The first-order valence-electron chi connectivity index (χ1n) is 13.2. The first-order chi connectivity index (χ1) is 19.5. The van der Waals surface area contributed by atoms with Crippen LogP contribution in [0.3, 0.4) is 0 Å². The van der Waals surface area contributed by atoms with Crippen LogP contribution in [0.5, 0.6) is 17.2 Å². The molecular formula is C35H29O4P. The van der Waals surface area contributed by atoms with Crippen LogP contribution in [0.2, 0.25) is 0 Å². The van der Waals surface area contributed by atoms with Crippen molar-refractivity contribution in [1.82, 2.24) is 0 Å². The number of hydrogen-bond donors (Lipinski definition) is 0. The summed E-state index contributed by atoms with van der Waals surface area (Å²) in [4.78, 5) is 0. The highest BCUT2D eigenvalue weighted by Gasteiger charge is 2.40. The van der Waals surface area contributed by atoms with Crippen molar-refractivity contribution in [3.8, 4) is 28.4 Å². The van der Waals surface area contributed by atoms with Gasteiger partial charge in [0.2, 0.25) is 0 Å². The van der Waals surface area contributed by atoms with Crippen LogP contribution in [-0.2, 0) is 17.8 Å². The van der Waals surface area contributed by atoms with Gasteiger partial charge in [-0.25, -0.2) is 0 Å². The summed E-state index contributed by atoms with van der Waals surface area (Å²) >= 11 is 0. The molecule has 0 fully saturated rings. The SMILES string of the molecule is C=Cc1ccc(COc2ccc(OCc3ccc(C)cc3)c(P3(=O)Oc4ccccc4-c4ccccc43)c2)cc1. The fraction of sp³-hybridized carbons (Fsp3) is 0.0857. The van der Waals surface area contributed by atoms with Gasteiger partial charge in [-0.05, 0) is 59.5 Å². The summed E-state index contributed by atoms with van der Waals surface area (Å²) in [6.45, 7) is 6.56. The number of hydrogen-bond acceptors (Lipinski definition) is 4. The molecule has 0 spiro atoms. The van der Waals surface area contributed by atoms with E-state index in [0.717, 1.165) is 27.8 Å². The molecular weight excluding hydrogens is 515 g/mol. The van der Waals surface area contributed by atoms with E-state index in [1.807, 2.05) is 103 Å². The number of aryl methyl sites for hydroxylation is 1. The molecule has 40 heavy (non-hydrogen) atoms. The van der Waals surface area contributed by atoms with E-state index in [1.54, 1.807) is 6.07 Å². The second-order valence-electron chi connectivity index (χ2n) is 9.79. The van der Waals surface area contributed by atoms with E-state index in [9.17, 15) is 0 Å². The van der Waals surface area contributed by atoms with E-state index in [4.69, 9.17) is 14.0 Å². The van der Waals surface area contributed by atoms with Crippen molar-refractivity contribution in [3.05, 3.63) is 144 Å². The molecule has 0 saturated heterocycles. The van der Waals surface area contributed by atoms with Gasteiger partial charge in [-0.3, -0.25) is 4.57 Å². The summed E-state index contributed by atoms with van der Waals surface area (Å²) in [5.74, 6) is 1.67. The van der Waals surface area contributed by atoms with Crippen molar-refractivity contribution in [1.29, 1.82) is 0 Å². The van der Waals surface area contributed by atoms with E-state index in [2.05, 4.69) is 25.6 Å². The van der Waals surface area contributed by atoms with E-state index in [1.165, 1.54) is 5.56 Å². The Morgan fingerprint density at radius 3 is 2.12 bits per heavy atom. The lowest BCUT2D eigenvalue weighted by Crippen LogP contribution is -2.26. The molecule has 0 amide bonds. The average Bonchev–Trinajstić information content (AvgIpc) is 3.00. The lowest BCUT2D eigenvalue weighted by Gasteiger charge is -2.30. The van der Waals surface area contributed by atoms with E-state index in [-0.39, 0.29) is 0 Å². The molecule has 0 aliphatic carbocycles. The molecule has 1 atom stereocenters. The third-order valence-electron chi connectivity index (χ3n) is 7.01. The number of fused-ring (bicyclic) bond motifs is 3. The first kappa shape index (κ1) is 25.7. The Hall–Kier alpha value is -4.53. The monoisotopic (exact) mass is 544 g/mol. The van der Waals surface area contributed by atoms with Crippen LogP contribution >= 0.6 is 7.37 Å². The largest absolute Gasteiger partial charge is 0.489 e.